The summed E-state index contributed by atoms with van der Waals surface area (Å²) in [7, 11) is -4.21. The zero-order valence-corrected chi connectivity index (χ0v) is 19.2. The zero-order chi connectivity index (χ0) is 18.8. The van der Waals surface area contributed by atoms with Gasteiger partial charge in [0.15, 0.2) is 0 Å². The maximum atomic E-state index is 13.3. The standard InChI is InChI=1S/C20H28O4S.HI/c1-18(2,3)14-8-6-13(7-9-14)16-15-10-11-20(17(16)21,19(15,4)5)12-25(22,23)24;/h6-9,15-16H,10-12H2,1-5H3,(H,22,23,24);1H. The van der Waals surface area contributed by atoms with Crippen LogP contribution in [0.5, 0.6) is 0 Å². The second-order valence-corrected chi connectivity index (χ2v) is 10.8. The molecule has 1 aromatic rings. The summed E-state index contributed by atoms with van der Waals surface area (Å²) in [5.41, 5.74) is 0.806. The minimum atomic E-state index is -4.21. The fraction of sp³-hybridized carbons (Fsp3) is 0.650. The highest BCUT2D eigenvalue weighted by Gasteiger charge is 2.69. The molecule has 2 saturated carbocycles. The van der Waals surface area contributed by atoms with Crippen LogP contribution in [0.1, 0.15) is 64.5 Å². The largest absolute Gasteiger partial charge is 0.298 e. The minimum Gasteiger partial charge on any atom is -0.298 e. The van der Waals surface area contributed by atoms with Gasteiger partial charge >= 0.3 is 0 Å². The van der Waals surface area contributed by atoms with E-state index in [2.05, 4.69) is 32.9 Å². The van der Waals surface area contributed by atoms with Crippen LogP contribution in [0.15, 0.2) is 24.3 Å². The molecule has 2 bridgehead atoms. The quantitative estimate of drug-likeness (QED) is 0.496. The van der Waals surface area contributed by atoms with Crippen LogP contribution in [0.2, 0.25) is 0 Å². The predicted molar refractivity (Wildman–Crippen MR) is 114 cm³/mol. The highest BCUT2D eigenvalue weighted by atomic mass is 127. The van der Waals surface area contributed by atoms with Crippen molar-refractivity contribution in [3.8, 4) is 0 Å². The number of benzene rings is 1. The molecule has 146 valence electrons. The third-order valence-corrected chi connectivity index (χ3v) is 7.62. The van der Waals surface area contributed by atoms with Crippen molar-refractivity contribution >= 4 is 39.9 Å². The fourth-order valence-electron chi connectivity index (χ4n) is 5.16. The summed E-state index contributed by atoms with van der Waals surface area (Å²) < 4.78 is 32.7. The van der Waals surface area contributed by atoms with Gasteiger partial charge in [0.1, 0.15) is 5.78 Å². The van der Waals surface area contributed by atoms with Gasteiger partial charge in [-0.2, -0.15) is 8.42 Å². The molecule has 0 saturated heterocycles. The van der Waals surface area contributed by atoms with Crippen LogP contribution in [-0.4, -0.2) is 24.5 Å². The van der Waals surface area contributed by atoms with Crippen molar-refractivity contribution in [3.63, 3.8) is 0 Å². The van der Waals surface area contributed by atoms with E-state index in [9.17, 15) is 17.8 Å². The molecule has 3 unspecified atom stereocenters. The fourth-order valence-corrected chi connectivity index (χ4v) is 6.44. The monoisotopic (exact) mass is 492 g/mol. The van der Waals surface area contributed by atoms with Crippen LogP contribution < -0.4 is 0 Å². The van der Waals surface area contributed by atoms with Crippen LogP contribution in [0.25, 0.3) is 0 Å². The third kappa shape index (κ3) is 3.26. The molecular formula is C20H29IO4S. The molecule has 0 aliphatic heterocycles. The maximum Gasteiger partial charge on any atom is 0.265 e. The molecule has 6 heteroatoms. The zero-order valence-electron chi connectivity index (χ0n) is 16.1. The molecular weight excluding hydrogens is 463 g/mol. The number of hydrogen-bond donors (Lipinski definition) is 1. The summed E-state index contributed by atoms with van der Waals surface area (Å²) in [5, 5.41) is 0. The number of fused-ring (bicyclic) bond motifs is 2. The first-order chi connectivity index (χ1) is 11.3. The molecule has 0 spiro atoms. The normalized spacial score (nSPS) is 30.3. The third-order valence-electron chi connectivity index (χ3n) is 6.76. The Morgan fingerprint density at radius 1 is 1.15 bits per heavy atom. The Kier molecular flexibility index (Phi) is 5.50. The number of ketones is 1. The lowest BCUT2D eigenvalue weighted by molar-refractivity contribution is -0.129. The summed E-state index contributed by atoms with van der Waals surface area (Å²) >= 11 is 0. The van der Waals surface area contributed by atoms with Crippen molar-refractivity contribution in [2.24, 2.45) is 16.7 Å². The average molecular weight is 492 g/mol. The Morgan fingerprint density at radius 2 is 1.69 bits per heavy atom. The van der Waals surface area contributed by atoms with Gasteiger partial charge in [0.25, 0.3) is 10.1 Å². The van der Waals surface area contributed by atoms with Crippen LogP contribution in [0.4, 0.5) is 0 Å². The smallest absolute Gasteiger partial charge is 0.265 e. The first-order valence-corrected chi connectivity index (χ1v) is 10.5. The van der Waals surface area contributed by atoms with E-state index in [1.807, 2.05) is 26.0 Å². The molecule has 2 aliphatic carbocycles. The van der Waals surface area contributed by atoms with Gasteiger partial charge in [0.2, 0.25) is 0 Å². The number of halogens is 1. The SMILES string of the molecule is CC(C)(C)c1ccc(C2C(=O)C3(CS(=O)(=O)O)CCC2C3(C)C)cc1.I. The van der Waals surface area contributed by atoms with Gasteiger partial charge in [-0.25, -0.2) is 0 Å². The second kappa shape index (κ2) is 6.55. The van der Waals surface area contributed by atoms with Crippen LogP contribution in [0.3, 0.4) is 0 Å². The highest BCUT2D eigenvalue weighted by Crippen LogP contribution is 2.68. The van der Waals surface area contributed by atoms with E-state index in [0.717, 1.165) is 12.0 Å². The summed E-state index contributed by atoms with van der Waals surface area (Å²) in [4.78, 5) is 13.3. The van der Waals surface area contributed by atoms with Crippen molar-refractivity contribution in [2.75, 3.05) is 5.75 Å². The molecule has 1 N–H and O–H groups in total. The molecule has 0 radical (unpaired) electrons. The van der Waals surface area contributed by atoms with Gasteiger partial charge in [0.05, 0.1) is 11.2 Å². The van der Waals surface area contributed by atoms with E-state index in [0.29, 0.717) is 6.42 Å². The van der Waals surface area contributed by atoms with Crippen molar-refractivity contribution in [3.05, 3.63) is 35.4 Å². The van der Waals surface area contributed by atoms with Gasteiger partial charge < -0.3 is 0 Å². The Hall–Kier alpha value is -0.470. The molecule has 3 rings (SSSR count). The van der Waals surface area contributed by atoms with Gasteiger partial charge in [-0.1, -0.05) is 58.9 Å². The molecule has 4 nitrogen and oxygen atoms in total. The van der Waals surface area contributed by atoms with E-state index in [1.54, 1.807) is 0 Å². The van der Waals surface area contributed by atoms with Crippen molar-refractivity contribution in [1.29, 1.82) is 0 Å². The first-order valence-electron chi connectivity index (χ1n) is 8.89. The van der Waals surface area contributed by atoms with Crippen LogP contribution >= 0.6 is 24.0 Å². The van der Waals surface area contributed by atoms with E-state index >= 15 is 0 Å². The Morgan fingerprint density at radius 3 is 2.15 bits per heavy atom. The van der Waals surface area contributed by atoms with E-state index < -0.39 is 26.7 Å². The lowest BCUT2D eigenvalue weighted by atomic mass is 9.70. The van der Waals surface area contributed by atoms with E-state index in [1.165, 1.54) is 5.56 Å². The highest BCUT2D eigenvalue weighted by molar-refractivity contribution is 14.0. The van der Waals surface area contributed by atoms with Crippen LogP contribution in [-0.2, 0) is 20.3 Å². The van der Waals surface area contributed by atoms with Crippen molar-refractivity contribution in [1.82, 2.24) is 0 Å². The Balaban J connectivity index is 0.00000243. The van der Waals surface area contributed by atoms with Gasteiger partial charge in [-0.05, 0) is 40.7 Å². The molecule has 0 aromatic heterocycles. The number of rotatable bonds is 3. The lowest BCUT2D eigenvalue weighted by Gasteiger charge is -2.35. The first kappa shape index (κ1) is 21.8. The molecule has 0 heterocycles. The lowest BCUT2D eigenvalue weighted by Crippen LogP contribution is -2.42. The van der Waals surface area contributed by atoms with Gasteiger partial charge in [-0.15, -0.1) is 24.0 Å². The molecule has 1 aromatic carbocycles. The molecule has 0 amide bonds. The molecule has 3 atom stereocenters. The van der Waals surface area contributed by atoms with E-state index in [-0.39, 0.29) is 47.0 Å². The molecule has 2 fully saturated rings. The Labute approximate surface area is 173 Å². The van der Waals surface area contributed by atoms with Crippen LogP contribution in [0, 0.1) is 16.7 Å². The Bertz CT molecular complexity index is 805. The predicted octanol–water partition coefficient (Wildman–Crippen LogP) is 4.58. The molecule has 2 aliphatic rings. The topological polar surface area (TPSA) is 71.4 Å². The second-order valence-electron chi connectivity index (χ2n) is 9.39. The summed E-state index contributed by atoms with van der Waals surface area (Å²) in [5.74, 6) is -0.643. The number of hydrogen-bond acceptors (Lipinski definition) is 3. The summed E-state index contributed by atoms with van der Waals surface area (Å²) in [6, 6.07) is 8.16. The molecule has 26 heavy (non-hydrogen) atoms. The minimum absolute atomic E-state index is 0. The summed E-state index contributed by atoms with van der Waals surface area (Å²) in [6.07, 6.45) is 1.36. The van der Waals surface area contributed by atoms with E-state index in [4.69, 9.17) is 0 Å². The van der Waals surface area contributed by atoms with Crippen molar-refractivity contribution in [2.45, 2.75) is 58.8 Å². The maximum absolute atomic E-state index is 13.3. The number of Topliss-reactive ketones (excluding diaryl/α,β-unsaturated/α-hetero) is 1. The average Bonchev–Trinajstić information content (AvgIpc) is 2.78. The van der Waals surface area contributed by atoms with Gasteiger partial charge in [-0.3, -0.25) is 9.35 Å². The van der Waals surface area contributed by atoms with Crippen molar-refractivity contribution < 1.29 is 17.8 Å². The number of carbonyl (C=O) groups excluding carboxylic acids is 1. The summed E-state index contributed by atoms with van der Waals surface area (Å²) in [6.45, 7) is 10.4. The van der Waals surface area contributed by atoms with Gasteiger partial charge in [0, 0.05) is 5.92 Å². The number of carbonyl (C=O) groups is 1.